The van der Waals surface area contributed by atoms with Crippen LogP contribution in [0.15, 0.2) is 28.7 Å². The van der Waals surface area contributed by atoms with E-state index in [0.717, 1.165) is 11.3 Å². The Kier molecular flexibility index (Phi) is 3.41. The van der Waals surface area contributed by atoms with Crippen LogP contribution in [-0.2, 0) is 4.79 Å². The molecule has 0 saturated carbocycles. The summed E-state index contributed by atoms with van der Waals surface area (Å²) in [6, 6.07) is 7.29. The van der Waals surface area contributed by atoms with E-state index < -0.39 is 0 Å². The first-order valence-corrected chi connectivity index (χ1v) is 7.06. The van der Waals surface area contributed by atoms with Crippen LogP contribution < -0.4 is 9.64 Å². The van der Waals surface area contributed by atoms with Crippen LogP contribution in [0.5, 0.6) is 5.75 Å². The van der Waals surface area contributed by atoms with Gasteiger partial charge in [0.05, 0.1) is 12.9 Å². The second-order valence-corrected chi connectivity index (χ2v) is 5.51. The van der Waals surface area contributed by atoms with E-state index in [1.165, 1.54) is 16.7 Å². The fourth-order valence-electron chi connectivity index (χ4n) is 1.70. The first-order valence-electron chi connectivity index (χ1n) is 5.66. The van der Waals surface area contributed by atoms with Gasteiger partial charge in [-0.05, 0) is 24.3 Å². The largest absolute Gasteiger partial charge is 0.497 e. The number of hydrogen-bond acceptors (Lipinski definition) is 7. The average molecular weight is 307 g/mol. The van der Waals surface area contributed by atoms with E-state index in [2.05, 4.69) is 10.2 Å². The molecule has 1 aromatic carbocycles. The molecule has 1 aromatic heterocycles. The number of anilines is 1. The normalized spacial score (nSPS) is 14.9. The molecule has 0 radical (unpaired) electrons. The Bertz CT molecular complexity index is 653. The molecule has 0 spiro atoms. The Morgan fingerprint density at radius 3 is 2.70 bits per heavy atom. The molecule has 0 atom stereocenters. The van der Waals surface area contributed by atoms with E-state index in [4.69, 9.17) is 21.4 Å². The van der Waals surface area contributed by atoms with Crippen molar-refractivity contribution in [2.75, 3.05) is 17.8 Å². The topological polar surface area (TPSA) is 68.5 Å². The van der Waals surface area contributed by atoms with Gasteiger partial charge in [0.1, 0.15) is 5.75 Å². The van der Waals surface area contributed by atoms with Crippen LogP contribution in [0.3, 0.4) is 0 Å². The molecule has 3 rings (SSSR count). The fourth-order valence-corrected chi connectivity index (χ4v) is 2.74. The molecule has 0 bridgehead atoms. The van der Waals surface area contributed by atoms with Crippen molar-refractivity contribution in [2.24, 2.45) is 0 Å². The molecule has 1 amide bonds. The van der Waals surface area contributed by atoms with E-state index in [0.29, 0.717) is 16.0 Å². The number of nitrogens with zero attached hydrogens (tertiary/aromatic N) is 3. The summed E-state index contributed by atoms with van der Waals surface area (Å²) in [5.41, 5.74) is 0.745. The van der Waals surface area contributed by atoms with Crippen LogP contribution in [0.2, 0.25) is 0 Å². The van der Waals surface area contributed by atoms with Crippen molar-refractivity contribution in [1.82, 2.24) is 10.2 Å². The van der Waals surface area contributed by atoms with Crippen LogP contribution in [0.25, 0.3) is 11.5 Å². The Morgan fingerprint density at radius 2 is 2.10 bits per heavy atom. The number of amides is 1. The second-order valence-electron chi connectivity index (χ2n) is 3.90. The lowest BCUT2D eigenvalue weighted by Crippen LogP contribution is -2.28. The molecule has 0 N–H and O–H groups in total. The monoisotopic (exact) mass is 307 g/mol. The maximum atomic E-state index is 11.7. The summed E-state index contributed by atoms with van der Waals surface area (Å²) in [4.78, 5) is 13.0. The van der Waals surface area contributed by atoms with Crippen LogP contribution in [0, 0.1) is 0 Å². The van der Waals surface area contributed by atoms with Gasteiger partial charge < -0.3 is 9.15 Å². The average Bonchev–Trinajstić information content (AvgIpc) is 3.06. The fraction of sp³-hybridized carbons (Fsp3) is 0.167. The van der Waals surface area contributed by atoms with E-state index >= 15 is 0 Å². The third kappa shape index (κ3) is 2.27. The molecular formula is C12H9N3O3S2. The summed E-state index contributed by atoms with van der Waals surface area (Å²) in [7, 11) is 1.59. The van der Waals surface area contributed by atoms with Gasteiger partial charge in [0, 0.05) is 5.56 Å². The predicted octanol–water partition coefficient (Wildman–Crippen LogP) is 2.11. The van der Waals surface area contributed by atoms with Crippen LogP contribution in [-0.4, -0.2) is 33.3 Å². The highest BCUT2D eigenvalue weighted by atomic mass is 32.2. The SMILES string of the molecule is COc1ccc(-c2nnc(N3C(=O)CSC3=S)o2)cc1. The zero-order valence-electron chi connectivity index (χ0n) is 10.4. The van der Waals surface area contributed by atoms with Crippen molar-refractivity contribution >= 4 is 40.2 Å². The molecular weight excluding hydrogens is 298 g/mol. The number of ether oxygens (including phenoxy) is 1. The first-order chi connectivity index (χ1) is 9.69. The maximum Gasteiger partial charge on any atom is 0.331 e. The standard InChI is InChI=1S/C12H9N3O3S2/c1-17-8-4-2-7(3-5-8)10-13-14-11(18-10)15-9(16)6-20-12(15)19/h2-5H,6H2,1H3. The molecule has 20 heavy (non-hydrogen) atoms. The minimum absolute atomic E-state index is 0.107. The Morgan fingerprint density at radius 1 is 1.35 bits per heavy atom. The van der Waals surface area contributed by atoms with E-state index in [1.54, 1.807) is 31.4 Å². The Balaban J connectivity index is 1.89. The van der Waals surface area contributed by atoms with E-state index in [9.17, 15) is 4.79 Å². The highest BCUT2D eigenvalue weighted by Gasteiger charge is 2.32. The third-order valence-electron chi connectivity index (χ3n) is 2.69. The number of rotatable bonds is 3. The molecule has 1 aliphatic rings. The molecule has 2 aromatic rings. The molecule has 8 heteroatoms. The summed E-state index contributed by atoms with van der Waals surface area (Å²) in [5, 5.41) is 7.81. The van der Waals surface area contributed by atoms with Gasteiger partial charge in [-0.3, -0.25) is 4.79 Å². The van der Waals surface area contributed by atoms with Crippen LogP contribution in [0.1, 0.15) is 0 Å². The number of carbonyl (C=O) groups is 1. The van der Waals surface area contributed by atoms with Crippen molar-refractivity contribution in [3.05, 3.63) is 24.3 Å². The highest BCUT2D eigenvalue weighted by Crippen LogP contribution is 2.28. The second kappa shape index (κ2) is 5.22. The van der Waals surface area contributed by atoms with Gasteiger partial charge >= 0.3 is 6.01 Å². The van der Waals surface area contributed by atoms with Gasteiger partial charge in [-0.15, -0.1) is 5.10 Å². The van der Waals surface area contributed by atoms with Gasteiger partial charge in [-0.1, -0.05) is 29.1 Å². The number of aromatic nitrogens is 2. The zero-order chi connectivity index (χ0) is 14.1. The molecule has 0 aliphatic carbocycles. The molecule has 1 fully saturated rings. The summed E-state index contributed by atoms with van der Waals surface area (Å²) in [6.07, 6.45) is 0. The summed E-state index contributed by atoms with van der Waals surface area (Å²) >= 11 is 6.36. The highest BCUT2D eigenvalue weighted by molar-refractivity contribution is 8.24. The minimum atomic E-state index is -0.148. The quantitative estimate of drug-likeness (QED) is 0.804. The molecule has 0 unspecified atom stereocenters. The molecule has 102 valence electrons. The van der Waals surface area contributed by atoms with Crippen LogP contribution >= 0.6 is 24.0 Å². The van der Waals surface area contributed by atoms with Crippen molar-refractivity contribution in [3.8, 4) is 17.2 Å². The molecule has 2 heterocycles. The number of methoxy groups -OCH3 is 1. The van der Waals surface area contributed by atoms with Gasteiger partial charge in [0.2, 0.25) is 11.8 Å². The number of thiocarbonyl (C=S) groups is 1. The number of thioether (sulfide) groups is 1. The summed E-state index contributed by atoms with van der Waals surface area (Å²) in [5.74, 6) is 1.22. The lowest BCUT2D eigenvalue weighted by atomic mass is 10.2. The van der Waals surface area contributed by atoms with Crippen molar-refractivity contribution < 1.29 is 13.9 Å². The maximum absolute atomic E-state index is 11.7. The van der Waals surface area contributed by atoms with Crippen molar-refractivity contribution in [3.63, 3.8) is 0 Å². The number of hydrogen-bond donors (Lipinski definition) is 0. The van der Waals surface area contributed by atoms with Gasteiger partial charge in [-0.25, -0.2) is 4.90 Å². The zero-order valence-corrected chi connectivity index (χ0v) is 12.0. The first kappa shape index (κ1) is 13.1. The van der Waals surface area contributed by atoms with Crippen LogP contribution in [0.4, 0.5) is 6.01 Å². The summed E-state index contributed by atoms with van der Waals surface area (Å²) in [6.45, 7) is 0. The lowest BCUT2D eigenvalue weighted by molar-refractivity contribution is -0.115. The number of benzene rings is 1. The van der Waals surface area contributed by atoms with E-state index in [1.807, 2.05) is 0 Å². The smallest absolute Gasteiger partial charge is 0.331 e. The Labute approximate surface area is 124 Å². The number of carbonyl (C=O) groups excluding carboxylic acids is 1. The van der Waals surface area contributed by atoms with Gasteiger partial charge in [0.25, 0.3) is 0 Å². The molecule has 1 aliphatic heterocycles. The predicted molar refractivity (Wildman–Crippen MR) is 78.8 cm³/mol. The summed E-state index contributed by atoms with van der Waals surface area (Å²) < 4.78 is 11.0. The molecule has 1 saturated heterocycles. The van der Waals surface area contributed by atoms with E-state index in [-0.39, 0.29) is 11.9 Å². The lowest BCUT2D eigenvalue weighted by Gasteiger charge is -2.07. The molecule has 6 nitrogen and oxygen atoms in total. The third-order valence-corrected chi connectivity index (χ3v) is 4.05. The minimum Gasteiger partial charge on any atom is -0.497 e. The van der Waals surface area contributed by atoms with Crippen molar-refractivity contribution in [1.29, 1.82) is 0 Å². The van der Waals surface area contributed by atoms with Crippen molar-refractivity contribution in [2.45, 2.75) is 0 Å². The Hall–Kier alpha value is -1.93. The van der Waals surface area contributed by atoms with Gasteiger partial charge in [0.15, 0.2) is 4.32 Å². The van der Waals surface area contributed by atoms with Gasteiger partial charge in [-0.2, -0.15) is 0 Å².